The van der Waals surface area contributed by atoms with Gasteiger partial charge in [-0.2, -0.15) is 0 Å². The molecule has 0 spiro atoms. The van der Waals surface area contributed by atoms with Crippen LogP contribution in [0.4, 0.5) is 0 Å². The summed E-state index contributed by atoms with van der Waals surface area (Å²) in [5.41, 5.74) is -1.75. The summed E-state index contributed by atoms with van der Waals surface area (Å²) in [5.74, 6) is -20.5. The third-order valence-electron chi connectivity index (χ3n) is 24.4. The molecule has 0 aromatic carbocycles. The molecule has 0 aromatic heterocycles. The summed E-state index contributed by atoms with van der Waals surface area (Å²) in [6.45, 7) is -2.31. The molecule has 4 aliphatic rings. The predicted octanol–water partition coefficient (Wildman–Crippen LogP) is -11.2. The number of ketones is 2. The third kappa shape index (κ3) is 50.9. The number of hydrogen-bond acceptors (Lipinski definition) is 36. The Morgan fingerprint density at radius 1 is 0.212 bits per heavy atom. The Kier molecular flexibility index (Phi) is 54.4. The minimum Gasteiger partial charge on any atom is -0.480 e. The normalized spacial score (nSPS) is 19.3. The Hall–Kier alpha value is -10.8. The van der Waals surface area contributed by atoms with Gasteiger partial charge >= 0.3 is 71.6 Å². The van der Waals surface area contributed by atoms with Crippen LogP contribution < -0.4 is 31.9 Å². The van der Waals surface area contributed by atoms with Gasteiger partial charge in [0.05, 0.1) is 122 Å². The topological polar surface area (TPSA) is 708 Å². The number of carboxylic acids is 12. The first-order chi connectivity index (χ1) is 64.6. The van der Waals surface area contributed by atoms with Gasteiger partial charge in [0.15, 0.2) is 5.78 Å². The van der Waals surface area contributed by atoms with Crippen molar-refractivity contribution in [3.63, 3.8) is 0 Å². The van der Waals surface area contributed by atoms with E-state index in [9.17, 15) is 157 Å². The fourth-order valence-electron chi connectivity index (χ4n) is 16.1. The molecule has 18 N–H and O–H groups in total. The van der Waals surface area contributed by atoms with Gasteiger partial charge in [0, 0.05) is 254 Å². The lowest BCUT2D eigenvalue weighted by molar-refractivity contribution is -0.141. The maximum atomic E-state index is 14.6. The summed E-state index contributed by atoms with van der Waals surface area (Å²) in [5, 5.41) is 134. The molecule has 0 radical (unpaired) electrons. The summed E-state index contributed by atoms with van der Waals surface area (Å²) in [4.78, 5) is 285. The highest BCUT2D eigenvalue weighted by Crippen LogP contribution is 2.24. The zero-order chi connectivity index (χ0) is 102. The molecule has 54 heteroatoms. The summed E-state index contributed by atoms with van der Waals surface area (Å²) in [7, 11) is 0. The molecule has 0 saturated carbocycles. The van der Waals surface area contributed by atoms with Crippen molar-refractivity contribution >= 4 is 119 Å². The molecule has 137 heavy (non-hydrogen) atoms. The molecular weight excluding hydrogens is 1820 g/mol. The Bertz CT molecular complexity index is 3390. The van der Waals surface area contributed by atoms with Gasteiger partial charge in [-0.15, -0.1) is 0 Å². The van der Waals surface area contributed by atoms with Crippen LogP contribution in [0.15, 0.2) is 0 Å². The van der Waals surface area contributed by atoms with Crippen LogP contribution in [-0.2, 0) is 95.9 Å². The summed E-state index contributed by atoms with van der Waals surface area (Å²) in [6.07, 6.45) is -1.96. The SMILES string of the molecule is C[C@@H](C(=O)CCC(=O)NCC(CCC(=O)CNC(=O)[C@H](C)N1CCN(CC(=O)O)CCN(CC(=O)O)CCN(CC(=O)O)CC1)(CNC(=O)CNC(=O)[C@H](C)N1CCN(CC(=O)O)CCN(CC(=O)O)CCN(CC(=O)O)CC1)CNC(=O)CNC(=O)[C@H](C)N1CCN(CC(=O)O)CCN(CC(=O)O)CCN(CC(=O)O)CC1)N1CCN(CC(=O)O)CCN(CC(=O)O)CCN(CC(=O)O)CC1. The summed E-state index contributed by atoms with van der Waals surface area (Å²) >= 11 is 0. The maximum absolute atomic E-state index is 14.6. The molecule has 6 amide bonds. The van der Waals surface area contributed by atoms with Crippen molar-refractivity contribution in [3.8, 4) is 0 Å². The van der Waals surface area contributed by atoms with Crippen molar-refractivity contribution in [2.24, 2.45) is 5.41 Å². The highest BCUT2D eigenvalue weighted by atomic mass is 16.4. The molecule has 4 fully saturated rings. The molecule has 4 saturated heterocycles. The Morgan fingerprint density at radius 2 is 0.380 bits per heavy atom. The van der Waals surface area contributed by atoms with Gasteiger partial charge in [0.2, 0.25) is 35.4 Å². The van der Waals surface area contributed by atoms with Crippen LogP contribution in [0.1, 0.15) is 53.4 Å². The lowest BCUT2D eigenvalue weighted by Gasteiger charge is -2.36. The monoisotopic (exact) mass is 1960 g/mol. The van der Waals surface area contributed by atoms with Crippen LogP contribution in [0.25, 0.3) is 0 Å². The number of carbonyl (C=O) groups is 20. The molecule has 0 aliphatic carbocycles. The maximum Gasteiger partial charge on any atom is 0.317 e. The highest BCUT2D eigenvalue weighted by Gasteiger charge is 2.37. The largest absolute Gasteiger partial charge is 0.480 e. The number of carboxylic acid groups (broad SMARTS) is 12. The summed E-state index contributed by atoms with van der Waals surface area (Å²) < 4.78 is 0. The van der Waals surface area contributed by atoms with Crippen molar-refractivity contribution in [1.82, 2.24) is 110 Å². The van der Waals surface area contributed by atoms with Gasteiger partial charge in [-0.1, -0.05) is 0 Å². The molecule has 4 atom stereocenters. The standard InChI is InChI=1S/C83H142N22O32/c1-59(102-33-25-94(48-72(119)120)17-9-90(44-68(111)112)10-18-95(26-34-102)49-73(121)122)64(107)5-6-65(108)87-56-83(8-7-63(106)41-84-80(135)60(2)103-35-27-96(50-74(123)124)19-11-91(45-69(113)114)12-20-97(28-36-103)51-75(125)126,57-88-66(109)42-85-81(136)61(3)104-37-29-98(52-76(127)128)21-13-92(46-70(115)116)14-22-99(30-38-104)53-77(129)130)58-89-67(110)43-86-82(137)62(4)105-39-31-100(54-78(131)132)23-15-93(47-71(117)118)16-24-101(32-40-105)55-79(133)134/h59-62H,5-58H2,1-4H3,(H,84,135)(H,85,136)(H,86,137)(H,87,108)(H,88,109)(H,89,110)(H,111,112)(H,113,114)(H,115,116)(H,117,118)(H,119,120)(H,121,122)(H,123,124)(H,125,126)(H,127,128)(H,129,130)(H,131,132)(H,133,134)/t59-,60-,61-,62-/m0/s1. The van der Waals surface area contributed by atoms with Crippen LogP contribution in [0, 0.1) is 5.41 Å². The Balaban J connectivity index is 1.81. The van der Waals surface area contributed by atoms with Crippen LogP contribution in [-0.4, -0.2) is 610 Å². The number of aliphatic carboxylic acids is 12. The Morgan fingerprint density at radius 3 is 0.569 bits per heavy atom. The quantitative estimate of drug-likeness (QED) is 0.0269. The van der Waals surface area contributed by atoms with E-state index in [0.717, 1.165) is 0 Å². The van der Waals surface area contributed by atoms with Crippen molar-refractivity contribution in [3.05, 3.63) is 0 Å². The van der Waals surface area contributed by atoms with Crippen LogP contribution in [0.2, 0.25) is 0 Å². The van der Waals surface area contributed by atoms with E-state index in [2.05, 4.69) is 31.9 Å². The number of amides is 6. The van der Waals surface area contributed by atoms with Crippen LogP contribution in [0.5, 0.6) is 0 Å². The van der Waals surface area contributed by atoms with E-state index in [1.807, 2.05) is 0 Å². The van der Waals surface area contributed by atoms with Crippen molar-refractivity contribution in [2.45, 2.75) is 77.5 Å². The van der Waals surface area contributed by atoms with Gasteiger partial charge in [-0.25, -0.2) is 0 Å². The van der Waals surface area contributed by atoms with Crippen molar-refractivity contribution in [2.75, 3.05) is 327 Å². The second-order valence-electron chi connectivity index (χ2n) is 34.9. The predicted molar refractivity (Wildman–Crippen MR) is 482 cm³/mol. The van der Waals surface area contributed by atoms with Crippen molar-refractivity contribution < 1.29 is 157 Å². The smallest absolute Gasteiger partial charge is 0.317 e. The van der Waals surface area contributed by atoms with E-state index in [0.29, 0.717) is 0 Å². The van der Waals surface area contributed by atoms with Crippen LogP contribution in [0.3, 0.4) is 0 Å². The molecular formula is C83H142N22O32. The van der Waals surface area contributed by atoms with Crippen molar-refractivity contribution in [1.29, 1.82) is 0 Å². The first kappa shape index (κ1) is 118. The van der Waals surface area contributed by atoms with E-state index in [1.165, 1.54) is 66.9 Å². The molecule has 0 unspecified atom stereocenters. The van der Waals surface area contributed by atoms with Gasteiger partial charge in [-0.3, -0.25) is 174 Å². The number of Topliss-reactive ketones (excluding diaryl/α,β-unsaturated/α-hetero) is 2. The molecule has 4 aliphatic heterocycles. The van der Waals surface area contributed by atoms with E-state index in [-0.39, 0.29) is 209 Å². The molecule has 54 nitrogen and oxygen atoms in total. The first-order valence-corrected chi connectivity index (χ1v) is 45.6. The van der Waals surface area contributed by atoms with E-state index in [4.69, 9.17) is 0 Å². The van der Waals surface area contributed by atoms with E-state index >= 15 is 0 Å². The van der Waals surface area contributed by atoms with Gasteiger partial charge in [0.1, 0.15) is 5.78 Å². The lowest BCUT2D eigenvalue weighted by atomic mass is 9.81. The highest BCUT2D eigenvalue weighted by molar-refractivity contribution is 5.91. The summed E-state index contributed by atoms with van der Waals surface area (Å²) in [6, 6.07) is -4.35. The zero-order valence-corrected chi connectivity index (χ0v) is 78.7. The zero-order valence-electron chi connectivity index (χ0n) is 78.7. The third-order valence-corrected chi connectivity index (χ3v) is 24.4. The second kappa shape index (κ2) is 62.9. The van der Waals surface area contributed by atoms with Crippen LogP contribution >= 0.6 is 0 Å². The van der Waals surface area contributed by atoms with E-state index in [1.54, 1.807) is 39.2 Å². The molecule has 776 valence electrons. The average Bonchev–Trinajstić information content (AvgIpc) is 0.844. The van der Waals surface area contributed by atoms with Gasteiger partial charge in [-0.05, 0) is 34.1 Å². The number of hydrogen-bond donors (Lipinski definition) is 18. The van der Waals surface area contributed by atoms with Gasteiger partial charge < -0.3 is 93.2 Å². The number of carbonyl (C=O) groups excluding carboxylic acids is 8. The fraction of sp³-hybridized carbons (Fsp3) is 0.759. The lowest BCUT2D eigenvalue weighted by Crippen LogP contribution is -2.55. The molecule has 0 aromatic rings. The Labute approximate surface area is 793 Å². The minimum absolute atomic E-state index is 0.00406. The first-order valence-electron chi connectivity index (χ1n) is 45.6. The van der Waals surface area contributed by atoms with E-state index < -0.39 is 292 Å². The second-order valence-corrected chi connectivity index (χ2v) is 34.9. The van der Waals surface area contributed by atoms with Gasteiger partial charge in [0.25, 0.3) is 0 Å². The molecule has 4 rings (SSSR count). The number of rotatable bonds is 50. The minimum atomic E-state index is -1.75. The number of nitrogens with zero attached hydrogens (tertiary/aromatic N) is 16. The average molecular weight is 1960 g/mol. The number of nitrogens with one attached hydrogen (secondary N) is 6. The molecule has 4 heterocycles. The molecule has 0 bridgehead atoms. The fourth-order valence-corrected chi connectivity index (χ4v) is 16.1.